The molecule has 0 heterocycles. The molecule has 0 radical (unpaired) electrons. The van der Waals surface area contributed by atoms with E-state index in [-0.39, 0.29) is 5.57 Å². The van der Waals surface area contributed by atoms with Crippen molar-refractivity contribution in [2.75, 3.05) is 0 Å². The number of unbranched alkanes of at least 4 members (excludes halogenated alkanes) is 7. The van der Waals surface area contributed by atoms with Crippen LogP contribution in [0.5, 0.6) is 0 Å². The van der Waals surface area contributed by atoms with Gasteiger partial charge in [-0.05, 0) is 13.3 Å². The molecule has 0 aromatic heterocycles. The summed E-state index contributed by atoms with van der Waals surface area (Å²) in [5.74, 6) is -0.792. The lowest BCUT2D eigenvalue weighted by molar-refractivity contribution is -0.229. The molecule has 0 bridgehead atoms. The Labute approximate surface area is 137 Å². The second kappa shape index (κ2) is 19.0. The normalized spacial score (nSPS) is 9.65. The smallest absolute Gasteiger partial charge is 0.303 e. The highest BCUT2D eigenvalue weighted by Crippen LogP contribution is 2.25. The number of carbonyl (C=O) groups excluding carboxylic acids is 2. The van der Waals surface area contributed by atoms with Gasteiger partial charge in [0.25, 0.3) is 0 Å². The summed E-state index contributed by atoms with van der Waals surface area (Å²) in [6, 6.07) is 0. The van der Waals surface area contributed by atoms with Crippen LogP contribution in [0.4, 0.5) is 0 Å². The maximum atomic E-state index is 9.94. The van der Waals surface area contributed by atoms with Gasteiger partial charge in [-0.2, -0.15) is 5.26 Å². The van der Waals surface area contributed by atoms with Gasteiger partial charge in [-0.1, -0.05) is 52.0 Å². The molecule has 0 aromatic carbocycles. The first-order chi connectivity index (χ1) is 10.6. The summed E-state index contributed by atoms with van der Waals surface area (Å²) in [4.78, 5) is 44.7. The fourth-order valence-corrected chi connectivity index (χ4v) is 1.26. The molecule has 0 fully saturated rings. The highest BCUT2D eigenvalue weighted by atomic mass is 31.2. The molecule has 0 unspecified atom stereocenters. The average molecular weight is 356 g/mol. The van der Waals surface area contributed by atoms with E-state index in [0.717, 1.165) is 19.1 Å². The van der Waals surface area contributed by atoms with Crippen LogP contribution in [0.25, 0.3) is 0 Å². The molecule has 0 spiro atoms. The van der Waals surface area contributed by atoms with Gasteiger partial charge in [0.15, 0.2) is 0 Å². The first kappa shape index (κ1) is 26.8. The Bertz CT molecular complexity index is 342. The van der Waals surface area contributed by atoms with E-state index >= 15 is 0 Å². The van der Waals surface area contributed by atoms with E-state index < -0.39 is 13.8 Å². The molecule has 0 aromatic rings. The van der Waals surface area contributed by atoms with Crippen molar-refractivity contribution in [2.45, 2.75) is 65.2 Å². The van der Waals surface area contributed by atoms with Gasteiger partial charge in [0.1, 0.15) is 6.29 Å². The standard InChI is InChI=1S/C10H20O.C4H6O3.H3O4P/c1-2-3-4-5-6-7-8-9-10-11;1-3(2)4(5)7-6;1-5(2,3)4/h10H,2-9H2,1H3;6H,1H2,2H3;(H3,1,2,3,4). The molecule has 4 N–H and O–H groups in total. The van der Waals surface area contributed by atoms with E-state index in [4.69, 9.17) is 24.5 Å². The number of carbonyl (C=O) groups is 2. The van der Waals surface area contributed by atoms with E-state index in [0.29, 0.717) is 0 Å². The van der Waals surface area contributed by atoms with Crippen molar-refractivity contribution < 1.29 is 39.0 Å². The van der Waals surface area contributed by atoms with Crippen LogP contribution in [0.2, 0.25) is 0 Å². The SMILES string of the molecule is C=C(C)C(=O)OO.CCCCCCCCCC=O.O=P(O)(O)O. The van der Waals surface area contributed by atoms with Crippen LogP contribution < -0.4 is 0 Å². The van der Waals surface area contributed by atoms with Crippen LogP contribution in [-0.4, -0.2) is 32.2 Å². The van der Waals surface area contributed by atoms with Crippen molar-refractivity contribution in [2.24, 2.45) is 0 Å². The fraction of sp³-hybridized carbons (Fsp3) is 0.714. The minimum atomic E-state index is -4.64. The third kappa shape index (κ3) is 44.9. The largest absolute Gasteiger partial charge is 0.466 e. The molecule has 0 amide bonds. The number of phosphoric acid groups is 1. The number of aldehydes is 1. The van der Waals surface area contributed by atoms with Gasteiger partial charge in [-0.25, -0.2) is 9.36 Å². The van der Waals surface area contributed by atoms with Crippen molar-refractivity contribution in [1.82, 2.24) is 0 Å². The summed E-state index contributed by atoms with van der Waals surface area (Å²) in [6.07, 6.45) is 10.8. The Balaban J connectivity index is -0.000000286. The number of hydrogen-bond donors (Lipinski definition) is 4. The van der Waals surface area contributed by atoms with Crippen LogP contribution in [0.15, 0.2) is 12.2 Å². The van der Waals surface area contributed by atoms with Gasteiger partial charge in [-0.15, -0.1) is 0 Å². The molecule has 23 heavy (non-hydrogen) atoms. The van der Waals surface area contributed by atoms with Crippen LogP contribution in [0, 0.1) is 0 Å². The fourth-order valence-electron chi connectivity index (χ4n) is 1.26. The zero-order chi connectivity index (χ0) is 18.7. The zero-order valence-electron chi connectivity index (χ0n) is 13.8. The molecule has 0 aliphatic rings. The molecular formula is C14H29O8P. The molecule has 0 aliphatic carbocycles. The zero-order valence-corrected chi connectivity index (χ0v) is 14.7. The van der Waals surface area contributed by atoms with Gasteiger partial charge >= 0.3 is 13.8 Å². The Kier molecular flexibility index (Phi) is 22.2. The Morgan fingerprint density at radius 3 is 1.74 bits per heavy atom. The lowest BCUT2D eigenvalue weighted by Crippen LogP contribution is -1.99. The Hall–Kier alpha value is -1.05. The van der Waals surface area contributed by atoms with Crippen molar-refractivity contribution >= 4 is 20.1 Å². The van der Waals surface area contributed by atoms with Crippen molar-refractivity contribution in [1.29, 1.82) is 0 Å². The second-order valence-electron chi connectivity index (χ2n) is 4.75. The Morgan fingerprint density at radius 1 is 1.09 bits per heavy atom. The lowest BCUT2D eigenvalue weighted by Gasteiger charge is -1.97. The van der Waals surface area contributed by atoms with Gasteiger partial charge in [0.05, 0.1) is 0 Å². The maximum absolute atomic E-state index is 9.94. The maximum Gasteiger partial charge on any atom is 0.466 e. The summed E-state index contributed by atoms with van der Waals surface area (Å²) in [5.41, 5.74) is 0.183. The van der Waals surface area contributed by atoms with Crippen LogP contribution >= 0.6 is 7.82 Å². The molecule has 0 saturated carbocycles. The topological polar surface area (TPSA) is 141 Å². The van der Waals surface area contributed by atoms with Gasteiger partial charge < -0.3 is 19.5 Å². The van der Waals surface area contributed by atoms with E-state index in [9.17, 15) is 9.59 Å². The second-order valence-corrected chi connectivity index (χ2v) is 5.78. The minimum Gasteiger partial charge on any atom is -0.303 e. The molecule has 9 heteroatoms. The number of hydrogen-bond acceptors (Lipinski definition) is 5. The summed E-state index contributed by atoms with van der Waals surface area (Å²) < 4.78 is 8.88. The summed E-state index contributed by atoms with van der Waals surface area (Å²) >= 11 is 0. The van der Waals surface area contributed by atoms with Crippen molar-refractivity contribution in [3.05, 3.63) is 12.2 Å². The monoisotopic (exact) mass is 356 g/mol. The van der Waals surface area contributed by atoms with E-state index in [1.54, 1.807) is 0 Å². The third-order valence-electron chi connectivity index (χ3n) is 2.36. The van der Waals surface area contributed by atoms with Crippen LogP contribution in [0.1, 0.15) is 65.2 Å². The first-order valence-corrected chi connectivity index (χ1v) is 8.89. The van der Waals surface area contributed by atoms with Gasteiger partial charge in [-0.3, -0.25) is 4.89 Å². The first-order valence-electron chi connectivity index (χ1n) is 7.33. The summed E-state index contributed by atoms with van der Waals surface area (Å²) in [7, 11) is -4.64. The Morgan fingerprint density at radius 2 is 1.48 bits per heavy atom. The molecule has 8 nitrogen and oxygen atoms in total. The number of rotatable bonds is 9. The van der Waals surface area contributed by atoms with Crippen molar-refractivity contribution in [3.8, 4) is 0 Å². The van der Waals surface area contributed by atoms with E-state index in [2.05, 4.69) is 18.4 Å². The highest BCUT2D eigenvalue weighted by molar-refractivity contribution is 7.45. The van der Waals surface area contributed by atoms with Gasteiger partial charge in [0, 0.05) is 12.0 Å². The molecule has 0 rings (SSSR count). The van der Waals surface area contributed by atoms with Crippen LogP contribution in [-0.2, 0) is 19.0 Å². The van der Waals surface area contributed by atoms with Crippen molar-refractivity contribution in [3.63, 3.8) is 0 Å². The van der Waals surface area contributed by atoms with E-state index in [1.165, 1.54) is 45.4 Å². The molecule has 0 saturated heterocycles. The highest BCUT2D eigenvalue weighted by Gasteiger charge is 2.00. The molecule has 138 valence electrons. The van der Waals surface area contributed by atoms with E-state index in [1.807, 2.05) is 0 Å². The quantitative estimate of drug-likeness (QED) is 0.123. The molecule has 0 aliphatic heterocycles. The average Bonchev–Trinajstić information content (AvgIpc) is 2.44. The molecule has 0 atom stereocenters. The van der Waals surface area contributed by atoms with Gasteiger partial charge in [0.2, 0.25) is 0 Å². The summed E-state index contributed by atoms with van der Waals surface area (Å²) in [6.45, 7) is 6.86. The molecular weight excluding hydrogens is 327 g/mol. The minimum absolute atomic E-state index is 0.183. The third-order valence-corrected chi connectivity index (χ3v) is 2.36. The predicted octanol–water partition coefficient (Wildman–Crippen LogP) is 2.98. The predicted molar refractivity (Wildman–Crippen MR) is 86.5 cm³/mol. The lowest BCUT2D eigenvalue weighted by atomic mass is 10.1. The van der Waals surface area contributed by atoms with Crippen LogP contribution in [0.3, 0.4) is 0 Å². The summed E-state index contributed by atoms with van der Waals surface area (Å²) in [5, 5.41) is 7.59.